The maximum Gasteiger partial charge on any atom is 0.0568 e. The molecule has 0 aliphatic carbocycles. The lowest BCUT2D eigenvalue weighted by atomic mass is 10.1. The first-order chi connectivity index (χ1) is 9.74. The third-order valence-electron chi connectivity index (χ3n) is 3.19. The van der Waals surface area contributed by atoms with Crippen molar-refractivity contribution in [2.24, 2.45) is 0 Å². The normalized spacial score (nSPS) is 10.9. The molecule has 2 rings (SSSR count). The van der Waals surface area contributed by atoms with Gasteiger partial charge in [-0.3, -0.25) is 4.68 Å². The van der Waals surface area contributed by atoms with E-state index in [0.29, 0.717) is 0 Å². The third-order valence-corrected chi connectivity index (χ3v) is 3.50. The Balaban J connectivity index is 2.11. The summed E-state index contributed by atoms with van der Waals surface area (Å²) in [5.41, 5.74) is 3.35. The topological polar surface area (TPSA) is 29.9 Å². The van der Waals surface area contributed by atoms with Crippen molar-refractivity contribution in [2.75, 3.05) is 6.54 Å². The van der Waals surface area contributed by atoms with Crippen molar-refractivity contribution in [1.82, 2.24) is 15.1 Å². The summed E-state index contributed by atoms with van der Waals surface area (Å²) in [4.78, 5) is 0. The molecule has 2 aromatic rings. The second kappa shape index (κ2) is 7.46. The lowest BCUT2D eigenvalue weighted by Crippen LogP contribution is -2.13. The number of aryl methyl sites for hydroxylation is 1. The van der Waals surface area contributed by atoms with Gasteiger partial charge in [0.1, 0.15) is 0 Å². The summed E-state index contributed by atoms with van der Waals surface area (Å²) in [6.07, 6.45) is 6.16. The molecule has 3 nitrogen and oxygen atoms in total. The molecule has 1 heterocycles. The number of rotatable bonds is 7. The van der Waals surface area contributed by atoms with E-state index >= 15 is 0 Å². The Morgan fingerprint density at radius 3 is 2.80 bits per heavy atom. The average molecular weight is 292 g/mol. The number of hydrogen-bond acceptors (Lipinski definition) is 2. The number of halogens is 1. The van der Waals surface area contributed by atoms with Gasteiger partial charge in [0.25, 0.3) is 0 Å². The number of benzene rings is 1. The van der Waals surface area contributed by atoms with Crippen LogP contribution in [0.1, 0.15) is 32.3 Å². The first-order valence-corrected chi connectivity index (χ1v) is 7.64. The molecular weight excluding hydrogens is 270 g/mol. The molecule has 0 fully saturated rings. The van der Waals surface area contributed by atoms with Gasteiger partial charge in [0.15, 0.2) is 0 Å². The van der Waals surface area contributed by atoms with Crippen LogP contribution in [0.3, 0.4) is 0 Å². The summed E-state index contributed by atoms with van der Waals surface area (Å²) < 4.78 is 1.96. The van der Waals surface area contributed by atoms with Crippen molar-refractivity contribution >= 4 is 11.6 Å². The first-order valence-electron chi connectivity index (χ1n) is 7.26. The molecule has 0 aliphatic heterocycles. The molecule has 0 saturated heterocycles. The lowest BCUT2D eigenvalue weighted by molar-refractivity contribution is 0.603. The van der Waals surface area contributed by atoms with Crippen LogP contribution in [-0.4, -0.2) is 16.3 Å². The highest BCUT2D eigenvalue weighted by Crippen LogP contribution is 2.28. The minimum atomic E-state index is 0.789. The summed E-state index contributed by atoms with van der Waals surface area (Å²) in [7, 11) is 0. The van der Waals surface area contributed by atoms with Gasteiger partial charge in [0.2, 0.25) is 0 Å². The van der Waals surface area contributed by atoms with Crippen molar-refractivity contribution in [3.63, 3.8) is 0 Å². The van der Waals surface area contributed by atoms with E-state index in [-0.39, 0.29) is 0 Å². The van der Waals surface area contributed by atoms with Crippen LogP contribution < -0.4 is 5.32 Å². The predicted octanol–water partition coefficient (Wildman–Crippen LogP) is 4.11. The molecule has 108 valence electrons. The molecule has 0 radical (unpaired) electrons. The van der Waals surface area contributed by atoms with E-state index in [1.54, 1.807) is 0 Å². The number of nitrogens with zero attached hydrogens (tertiary/aromatic N) is 2. The van der Waals surface area contributed by atoms with Crippen LogP contribution in [0.4, 0.5) is 0 Å². The van der Waals surface area contributed by atoms with E-state index in [1.165, 1.54) is 5.56 Å². The number of hydrogen-bond donors (Lipinski definition) is 1. The van der Waals surface area contributed by atoms with Crippen LogP contribution in [0.15, 0.2) is 30.6 Å². The number of nitrogens with one attached hydrogen (secondary N) is 1. The Morgan fingerprint density at radius 1 is 1.25 bits per heavy atom. The first kappa shape index (κ1) is 15.1. The van der Waals surface area contributed by atoms with Crippen LogP contribution in [-0.2, 0) is 13.1 Å². The van der Waals surface area contributed by atoms with Gasteiger partial charge in [-0.2, -0.15) is 5.10 Å². The molecule has 0 amide bonds. The Kier molecular flexibility index (Phi) is 5.62. The van der Waals surface area contributed by atoms with E-state index in [1.807, 2.05) is 16.9 Å². The number of aromatic nitrogens is 2. The smallest absolute Gasteiger partial charge is 0.0568 e. The third kappa shape index (κ3) is 3.84. The largest absolute Gasteiger partial charge is 0.313 e. The quantitative estimate of drug-likeness (QED) is 0.778. The van der Waals surface area contributed by atoms with Gasteiger partial charge >= 0.3 is 0 Å². The fourth-order valence-corrected chi connectivity index (χ4v) is 2.48. The van der Waals surface area contributed by atoms with Gasteiger partial charge in [-0.25, -0.2) is 0 Å². The van der Waals surface area contributed by atoms with Crippen LogP contribution in [0.2, 0.25) is 5.02 Å². The summed E-state index contributed by atoms with van der Waals surface area (Å²) in [6, 6.07) is 6.25. The molecule has 0 bridgehead atoms. The summed E-state index contributed by atoms with van der Waals surface area (Å²) in [6.45, 7) is 7.15. The van der Waals surface area contributed by atoms with Crippen molar-refractivity contribution < 1.29 is 0 Å². The van der Waals surface area contributed by atoms with Gasteiger partial charge < -0.3 is 5.32 Å². The van der Waals surface area contributed by atoms with Crippen molar-refractivity contribution in [3.05, 3.63) is 41.2 Å². The van der Waals surface area contributed by atoms with E-state index in [4.69, 9.17) is 11.6 Å². The molecule has 0 saturated carbocycles. The Hall–Kier alpha value is -1.32. The van der Waals surface area contributed by atoms with Crippen molar-refractivity contribution in [3.8, 4) is 11.1 Å². The monoisotopic (exact) mass is 291 g/mol. The van der Waals surface area contributed by atoms with E-state index in [9.17, 15) is 0 Å². The van der Waals surface area contributed by atoms with Crippen LogP contribution >= 0.6 is 11.6 Å². The summed E-state index contributed by atoms with van der Waals surface area (Å²) in [5, 5.41) is 8.52. The van der Waals surface area contributed by atoms with E-state index < -0.39 is 0 Å². The molecule has 20 heavy (non-hydrogen) atoms. The molecule has 4 heteroatoms. The molecule has 1 N–H and O–H groups in total. The Labute approximate surface area is 126 Å². The highest BCUT2D eigenvalue weighted by atomic mass is 35.5. The molecule has 1 aromatic heterocycles. The highest BCUT2D eigenvalue weighted by molar-refractivity contribution is 6.33. The Bertz CT molecular complexity index is 548. The maximum atomic E-state index is 6.40. The Morgan fingerprint density at radius 2 is 2.10 bits per heavy atom. The molecule has 0 unspecified atom stereocenters. The van der Waals surface area contributed by atoms with Crippen LogP contribution in [0.5, 0.6) is 0 Å². The zero-order chi connectivity index (χ0) is 14.4. The zero-order valence-corrected chi connectivity index (χ0v) is 13.0. The fraction of sp³-hybridized carbons (Fsp3) is 0.438. The van der Waals surface area contributed by atoms with Crippen molar-refractivity contribution in [1.29, 1.82) is 0 Å². The highest BCUT2D eigenvalue weighted by Gasteiger charge is 2.07. The molecular formula is C16H22ClN3. The van der Waals surface area contributed by atoms with Gasteiger partial charge in [-0.15, -0.1) is 0 Å². The van der Waals surface area contributed by atoms with Gasteiger partial charge in [-0.05, 0) is 31.0 Å². The molecule has 0 spiro atoms. The SMILES string of the molecule is CCCNCc1ccc(-c2cnn(CCC)c2)c(Cl)c1. The van der Waals surface area contributed by atoms with Gasteiger partial charge in [-0.1, -0.05) is 37.6 Å². The van der Waals surface area contributed by atoms with Gasteiger partial charge in [0.05, 0.1) is 6.20 Å². The van der Waals surface area contributed by atoms with E-state index in [0.717, 1.165) is 48.6 Å². The minimum Gasteiger partial charge on any atom is -0.313 e. The second-order valence-corrected chi connectivity index (χ2v) is 5.39. The average Bonchev–Trinajstić information content (AvgIpc) is 2.88. The second-order valence-electron chi connectivity index (χ2n) is 4.98. The lowest BCUT2D eigenvalue weighted by Gasteiger charge is -2.07. The van der Waals surface area contributed by atoms with Crippen LogP contribution in [0, 0.1) is 0 Å². The summed E-state index contributed by atoms with van der Waals surface area (Å²) >= 11 is 6.40. The molecule has 0 aliphatic rings. The predicted molar refractivity (Wildman–Crippen MR) is 85.0 cm³/mol. The van der Waals surface area contributed by atoms with Gasteiger partial charge in [0, 0.05) is 35.4 Å². The maximum absolute atomic E-state index is 6.40. The molecule has 1 aromatic carbocycles. The zero-order valence-electron chi connectivity index (χ0n) is 12.2. The fourth-order valence-electron chi connectivity index (χ4n) is 2.17. The standard InChI is InChI=1S/C16H22ClN3/c1-3-7-18-10-13-5-6-15(16(17)9-13)14-11-19-20(12-14)8-4-2/h5-6,9,11-12,18H,3-4,7-8,10H2,1-2H3. The van der Waals surface area contributed by atoms with E-state index in [2.05, 4.69) is 42.6 Å². The van der Waals surface area contributed by atoms with Crippen molar-refractivity contribution in [2.45, 2.75) is 39.8 Å². The molecule has 0 atom stereocenters. The van der Waals surface area contributed by atoms with Crippen LogP contribution in [0.25, 0.3) is 11.1 Å². The summed E-state index contributed by atoms with van der Waals surface area (Å²) in [5.74, 6) is 0. The minimum absolute atomic E-state index is 0.789.